The number of hydrogen-bond acceptors (Lipinski definition) is 7. The number of nitrogens with one attached hydrogen (secondary N) is 2. The smallest absolute Gasteiger partial charge is 0.343 e. The van der Waals surface area contributed by atoms with Crippen LogP contribution in [0.4, 0.5) is 5.69 Å². The number of halogens is 1. The lowest BCUT2D eigenvalue weighted by Gasteiger charge is -2.13. The fourth-order valence-electron chi connectivity index (χ4n) is 4.80. The number of amides is 1. The highest BCUT2D eigenvalue weighted by Crippen LogP contribution is 2.35. The lowest BCUT2D eigenvalue weighted by atomic mass is 10.0. The van der Waals surface area contributed by atoms with Gasteiger partial charge in [0.2, 0.25) is 0 Å². The molecule has 0 atom stereocenters. The number of anilines is 1. The summed E-state index contributed by atoms with van der Waals surface area (Å²) >= 11 is 3.46. The summed E-state index contributed by atoms with van der Waals surface area (Å²) in [6.07, 6.45) is 1.43. The predicted octanol–water partition coefficient (Wildman–Crippen LogP) is 7.44. The van der Waals surface area contributed by atoms with E-state index in [4.69, 9.17) is 14.2 Å². The van der Waals surface area contributed by atoms with Gasteiger partial charge in [0.25, 0.3) is 5.91 Å². The first-order valence-corrected chi connectivity index (χ1v) is 15.2. The molecule has 4 aromatic carbocycles. The lowest BCUT2D eigenvalue weighted by molar-refractivity contribution is 0.0733. The maximum atomic E-state index is 13.5. The fourth-order valence-corrected chi connectivity index (χ4v) is 5.18. The van der Waals surface area contributed by atoms with Crippen LogP contribution in [0.3, 0.4) is 0 Å². The van der Waals surface area contributed by atoms with Gasteiger partial charge in [0.1, 0.15) is 11.4 Å². The average molecular weight is 670 g/mol. The summed E-state index contributed by atoms with van der Waals surface area (Å²) in [7, 11) is 3.95. The molecule has 5 rings (SSSR count). The molecule has 0 saturated carbocycles. The minimum atomic E-state index is -0.581. The molecule has 0 saturated heterocycles. The van der Waals surface area contributed by atoms with E-state index in [1.54, 1.807) is 36.4 Å². The van der Waals surface area contributed by atoms with E-state index in [9.17, 15) is 9.59 Å². The topological polar surface area (TPSA) is 105 Å². The van der Waals surface area contributed by atoms with Crippen LogP contribution >= 0.6 is 15.9 Å². The molecular formula is C35H33BrN4O5. The molecule has 0 unspecified atom stereocenters. The molecular weight excluding hydrogens is 636 g/mol. The van der Waals surface area contributed by atoms with Crippen molar-refractivity contribution in [3.05, 3.63) is 106 Å². The number of carbonyl (C=O) groups excluding carboxylic acids is 2. The Morgan fingerprint density at radius 3 is 2.36 bits per heavy atom. The van der Waals surface area contributed by atoms with Crippen LogP contribution in [0.2, 0.25) is 0 Å². The Bertz CT molecular complexity index is 1870. The molecule has 0 bridgehead atoms. The van der Waals surface area contributed by atoms with Crippen molar-refractivity contribution in [3.8, 4) is 28.4 Å². The minimum absolute atomic E-state index is 0.264. The van der Waals surface area contributed by atoms with Gasteiger partial charge in [0.05, 0.1) is 25.0 Å². The van der Waals surface area contributed by atoms with Gasteiger partial charge in [-0.3, -0.25) is 4.79 Å². The van der Waals surface area contributed by atoms with Gasteiger partial charge in [-0.2, -0.15) is 5.10 Å². The molecule has 0 aliphatic heterocycles. The second-order valence-electron chi connectivity index (χ2n) is 10.2. The minimum Gasteiger partial charge on any atom is -0.490 e. The third-order valence-corrected chi connectivity index (χ3v) is 7.40. The zero-order valence-corrected chi connectivity index (χ0v) is 27.0. The molecule has 1 heterocycles. The Kier molecular flexibility index (Phi) is 9.84. The van der Waals surface area contributed by atoms with E-state index in [-0.39, 0.29) is 5.75 Å². The van der Waals surface area contributed by atoms with Crippen LogP contribution < -0.4 is 24.5 Å². The van der Waals surface area contributed by atoms with E-state index in [1.807, 2.05) is 75.3 Å². The number of benzene rings is 4. The SMILES string of the molecule is CCOc1ccc(C(=O)Oc2ccc(Br)cc2C=NNC(=O)c2[nH]c3ccc(N(C)C)cc3c2-c2ccccc2)cc1OCC. The van der Waals surface area contributed by atoms with Crippen molar-refractivity contribution in [1.29, 1.82) is 0 Å². The van der Waals surface area contributed by atoms with Crippen molar-refractivity contribution in [3.63, 3.8) is 0 Å². The summed E-state index contributed by atoms with van der Waals surface area (Å²) in [4.78, 5) is 31.9. The van der Waals surface area contributed by atoms with Crippen LogP contribution in [0.15, 0.2) is 94.5 Å². The second kappa shape index (κ2) is 14.1. The van der Waals surface area contributed by atoms with Crippen molar-refractivity contribution in [2.24, 2.45) is 5.10 Å². The third kappa shape index (κ3) is 7.18. The number of carbonyl (C=O) groups is 2. The number of aromatic amines is 1. The largest absolute Gasteiger partial charge is 0.490 e. The van der Waals surface area contributed by atoms with Gasteiger partial charge in [0, 0.05) is 46.3 Å². The zero-order chi connectivity index (χ0) is 31.9. The summed E-state index contributed by atoms with van der Waals surface area (Å²) < 4.78 is 17.7. The van der Waals surface area contributed by atoms with Crippen LogP contribution in [0, 0.1) is 0 Å². The van der Waals surface area contributed by atoms with Gasteiger partial charge in [0.15, 0.2) is 11.5 Å². The van der Waals surface area contributed by atoms with E-state index < -0.39 is 11.9 Å². The van der Waals surface area contributed by atoms with Crippen molar-refractivity contribution in [2.45, 2.75) is 13.8 Å². The second-order valence-corrected chi connectivity index (χ2v) is 11.1. The van der Waals surface area contributed by atoms with Crippen LogP contribution in [0.25, 0.3) is 22.0 Å². The Labute approximate surface area is 269 Å². The monoisotopic (exact) mass is 668 g/mol. The van der Waals surface area contributed by atoms with Gasteiger partial charge in [-0.15, -0.1) is 0 Å². The number of H-pyrrole nitrogens is 1. The number of esters is 1. The van der Waals surface area contributed by atoms with E-state index in [0.29, 0.717) is 41.5 Å². The summed E-state index contributed by atoms with van der Waals surface area (Å²) in [6, 6.07) is 25.8. The number of hydrazone groups is 1. The number of nitrogens with zero attached hydrogens (tertiary/aromatic N) is 2. The molecule has 5 aromatic rings. The highest BCUT2D eigenvalue weighted by atomic mass is 79.9. The van der Waals surface area contributed by atoms with Crippen molar-refractivity contribution < 1.29 is 23.8 Å². The number of ether oxygens (including phenoxy) is 3. The molecule has 0 spiro atoms. The standard InChI is InChI=1S/C35H33BrN4O5/c1-5-43-30-16-12-23(19-31(30)44-6-2)35(42)45-29-17-13-25(36)18-24(29)21-37-39-34(41)33-32(22-10-8-7-9-11-22)27-20-26(40(3)4)14-15-28(27)38-33/h7-21,38H,5-6H2,1-4H3,(H,39,41). The van der Waals surface area contributed by atoms with Crippen LogP contribution in [-0.2, 0) is 0 Å². The van der Waals surface area contributed by atoms with Crippen molar-refractivity contribution in [2.75, 3.05) is 32.2 Å². The third-order valence-electron chi connectivity index (χ3n) is 6.91. The highest BCUT2D eigenvalue weighted by molar-refractivity contribution is 9.10. The summed E-state index contributed by atoms with van der Waals surface area (Å²) in [6.45, 7) is 4.61. The molecule has 2 N–H and O–H groups in total. The first-order valence-electron chi connectivity index (χ1n) is 14.4. The quantitative estimate of drug-likeness (QED) is 0.0656. The Hall–Kier alpha value is -5.09. The van der Waals surface area contributed by atoms with Gasteiger partial charge in [-0.05, 0) is 74.0 Å². The fraction of sp³-hybridized carbons (Fsp3) is 0.171. The van der Waals surface area contributed by atoms with Gasteiger partial charge < -0.3 is 24.1 Å². The predicted molar refractivity (Wildman–Crippen MR) is 181 cm³/mol. The Balaban J connectivity index is 1.40. The summed E-state index contributed by atoms with van der Waals surface area (Å²) in [5.74, 6) is 0.270. The van der Waals surface area contributed by atoms with E-state index >= 15 is 0 Å². The molecule has 45 heavy (non-hydrogen) atoms. The average Bonchev–Trinajstić information content (AvgIpc) is 3.43. The Morgan fingerprint density at radius 2 is 1.62 bits per heavy atom. The van der Waals surface area contributed by atoms with Gasteiger partial charge in [-0.25, -0.2) is 10.2 Å². The molecule has 0 fully saturated rings. The van der Waals surface area contributed by atoms with E-state index in [2.05, 4.69) is 37.5 Å². The molecule has 0 radical (unpaired) electrons. The maximum absolute atomic E-state index is 13.5. The van der Waals surface area contributed by atoms with E-state index in [0.717, 1.165) is 32.2 Å². The number of rotatable bonds is 11. The molecule has 0 aliphatic carbocycles. The van der Waals surface area contributed by atoms with Crippen LogP contribution in [0.1, 0.15) is 40.3 Å². The van der Waals surface area contributed by atoms with Gasteiger partial charge in [-0.1, -0.05) is 46.3 Å². The van der Waals surface area contributed by atoms with E-state index in [1.165, 1.54) is 6.21 Å². The van der Waals surface area contributed by atoms with Crippen LogP contribution in [0.5, 0.6) is 17.2 Å². The molecule has 230 valence electrons. The van der Waals surface area contributed by atoms with Gasteiger partial charge >= 0.3 is 5.97 Å². The number of aromatic nitrogens is 1. The zero-order valence-electron chi connectivity index (χ0n) is 25.4. The molecule has 10 heteroatoms. The maximum Gasteiger partial charge on any atom is 0.343 e. The first kappa shape index (κ1) is 31.3. The van der Waals surface area contributed by atoms with Crippen molar-refractivity contribution in [1.82, 2.24) is 10.4 Å². The normalized spacial score (nSPS) is 11.0. The first-order chi connectivity index (χ1) is 21.8. The molecule has 0 aliphatic rings. The highest BCUT2D eigenvalue weighted by Gasteiger charge is 2.20. The molecule has 9 nitrogen and oxygen atoms in total. The molecule has 1 amide bonds. The number of fused-ring (bicyclic) bond motifs is 1. The van der Waals surface area contributed by atoms with Crippen molar-refractivity contribution >= 4 is 50.6 Å². The number of hydrogen-bond donors (Lipinski definition) is 2. The van der Waals surface area contributed by atoms with Crippen LogP contribution in [-0.4, -0.2) is 50.4 Å². The Morgan fingerprint density at radius 1 is 0.889 bits per heavy atom. The molecule has 1 aromatic heterocycles. The lowest BCUT2D eigenvalue weighted by Crippen LogP contribution is -2.19. The summed E-state index contributed by atoms with van der Waals surface area (Å²) in [5, 5.41) is 5.14. The summed E-state index contributed by atoms with van der Waals surface area (Å²) in [5.41, 5.74) is 7.31.